The van der Waals surface area contributed by atoms with Gasteiger partial charge in [-0.1, -0.05) is 6.07 Å². The molecule has 0 bridgehead atoms. The Morgan fingerprint density at radius 1 is 1.27 bits per heavy atom. The lowest BCUT2D eigenvalue weighted by Gasteiger charge is -2.09. The predicted octanol–water partition coefficient (Wildman–Crippen LogP) is 1.99. The van der Waals surface area contributed by atoms with Gasteiger partial charge in [-0.05, 0) is 24.1 Å². The van der Waals surface area contributed by atoms with E-state index in [9.17, 15) is 13.6 Å². The van der Waals surface area contributed by atoms with Crippen molar-refractivity contribution in [3.05, 3.63) is 35.4 Å². The van der Waals surface area contributed by atoms with Crippen molar-refractivity contribution in [3.8, 4) is 0 Å². The molecule has 0 atom stereocenters. The summed E-state index contributed by atoms with van der Waals surface area (Å²) in [6, 6.07) is 3.68. The first kappa shape index (κ1) is 11.6. The Bertz CT molecular complexity index is 364. The van der Waals surface area contributed by atoms with Crippen molar-refractivity contribution >= 4 is 5.91 Å². The zero-order valence-corrected chi connectivity index (χ0v) is 8.76. The van der Waals surface area contributed by atoms with Crippen molar-refractivity contribution in [1.29, 1.82) is 0 Å². The van der Waals surface area contributed by atoms with E-state index in [0.717, 1.165) is 12.1 Å². The summed E-state index contributed by atoms with van der Waals surface area (Å²) in [4.78, 5) is 12.7. The zero-order chi connectivity index (χ0) is 11.4. The molecule has 0 saturated carbocycles. The van der Waals surface area contributed by atoms with Crippen molar-refractivity contribution in [1.82, 2.24) is 4.90 Å². The molecular weight excluding hydrogens is 200 g/mol. The minimum atomic E-state index is -0.871. The third-order valence-corrected chi connectivity index (χ3v) is 2.11. The third-order valence-electron chi connectivity index (χ3n) is 2.11. The Balaban J connectivity index is 2.58. The average molecular weight is 213 g/mol. The second-order valence-corrected chi connectivity index (χ2v) is 3.54. The van der Waals surface area contributed by atoms with E-state index in [1.807, 2.05) is 0 Å². The molecule has 0 saturated heterocycles. The quantitative estimate of drug-likeness (QED) is 0.751. The number of aryl methyl sites for hydroxylation is 1. The topological polar surface area (TPSA) is 20.3 Å². The highest BCUT2D eigenvalue weighted by Gasteiger charge is 2.06. The van der Waals surface area contributed by atoms with Gasteiger partial charge in [-0.3, -0.25) is 4.79 Å². The van der Waals surface area contributed by atoms with E-state index in [1.54, 1.807) is 14.1 Å². The molecule has 4 heteroatoms. The molecule has 0 aliphatic heterocycles. The molecule has 0 fully saturated rings. The van der Waals surface area contributed by atoms with Crippen LogP contribution in [0.25, 0.3) is 0 Å². The molecule has 1 amide bonds. The molecule has 0 heterocycles. The van der Waals surface area contributed by atoms with E-state index >= 15 is 0 Å². The van der Waals surface area contributed by atoms with Crippen LogP contribution in [0.3, 0.4) is 0 Å². The number of benzene rings is 1. The van der Waals surface area contributed by atoms with Crippen molar-refractivity contribution in [2.24, 2.45) is 0 Å². The van der Waals surface area contributed by atoms with Gasteiger partial charge in [0.2, 0.25) is 5.91 Å². The van der Waals surface area contributed by atoms with Gasteiger partial charge in [-0.25, -0.2) is 8.78 Å². The summed E-state index contributed by atoms with van der Waals surface area (Å²) >= 11 is 0. The van der Waals surface area contributed by atoms with Crippen LogP contribution in [0.5, 0.6) is 0 Å². The summed E-state index contributed by atoms with van der Waals surface area (Å²) in [6.45, 7) is 0. The van der Waals surface area contributed by atoms with Crippen LogP contribution in [-0.2, 0) is 11.2 Å². The molecule has 0 aliphatic carbocycles. The SMILES string of the molecule is CN(C)C(=O)CCc1ccc(F)c(F)c1. The van der Waals surface area contributed by atoms with E-state index in [2.05, 4.69) is 0 Å². The van der Waals surface area contributed by atoms with E-state index in [4.69, 9.17) is 0 Å². The van der Waals surface area contributed by atoms with Gasteiger partial charge in [0, 0.05) is 20.5 Å². The van der Waals surface area contributed by atoms with Gasteiger partial charge in [-0.15, -0.1) is 0 Å². The number of carbonyl (C=O) groups is 1. The van der Waals surface area contributed by atoms with Crippen LogP contribution in [0, 0.1) is 11.6 Å². The Kier molecular flexibility index (Phi) is 3.77. The molecule has 0 unspecified atom stereocenters. The molecular formula is C11H13F2NO. The summed E-state index contributed by atoms with van der Waals surface area (Å²) < 4.78 is 25.4. The third kappa shape index (κ3) is 3.31. The molecule has 1 aromatic carbocycles. The molecule has 0 N–H and O–H groups in total. The first-order valence-corrected chi connectivity index (χ1v) is 4.65. The Morgan fingerprint density at radius 3 is 2.47 bits per heavy atom. The minimum absolute atomic E-state index is 0.0280. The second kappa shape index (κ2) is 4.87. The van der Waals surface area contributed by atoms with Crippen LogP contribution >= 0.6 is 0 Å². The molecule has 15 heavy (non-hydrogen) atoms. The smallest absolute Gasteiger partial charge is 0.222 e. The molecule has 0 aliphatic rings. The van der Waals surface area contributed by atoms with E-state index in [1.165, 1.54) is 11.0 Å². The maximum absolute atomic E-state index is 12.8. The summed E-state index contributed by atoms with van der Waals surface area (Å²) in [5, 5.41) is 0. The summed E-state index contributed by atoms with van der Waals surface area (Å²) in [5.41, 5.74) is 0.629. The summed E-state index contributed by atoms with van der Waals surface area (Å²) in [6.07, 6.45) is 0.728. The van der Waals surface area contributed by atoms with E-state index < -0.39 is 11.6 Å². The van der Waals surface area contributed by atoms with E-state index in [-0.39, 0.29) is 5.91 Å². The van der Waals surface area contributed by atoms with Crippen LogP contribution in [0.4, 0.5) is 8.78 Å². The molecule has 1 aromatic rings. The standard InChI is InChI=1S/C11H13F2NO/c1-14(2)11(15)6-4-8-3-5-9(12)10(13)7-8/h3,5,7H,4,6H2,1-2H3. The van der Waals surface area contributed by atoms with Gasteiger partial charge < -0.3 is 4.90 Å². The van der Waals surface area contributed by atoms with Crippen LogP contribution in [0.2, 0.25) is 0 Å². The van der Waals surface area contributed by atoms with Gasteiger partial charge >= 0.3 is 0 Å². The van der Waals surface area contributed by atoms with Gasteiger partial charge in [0.15, 0.2) is 11.6 Å². The number of amides is 1. The van der Waals surface area contributed by atoms with Crippen molar-refractivity contribution in [3.63, 3.8) is 0 Å². The molecule has 1 rings (SSSR count). The largest absolute Gasteiger partial charge is 0.349 e. The maximum Gasteiger partial charge on any atom is 0.222 e. The fourth-order valence-electron chi connectivity index (χ4n) is 1.17. The first-order valence-electron chi connectivity index (χ1n) is 4.65. The molecule has 0 spiro atoms. The lowest BCUT2D eigenvalue weighted by Crippen LogP contribution is -2.21. The monoisotopic (exact) mass is 213 g/mol. The molecule has 0 radical (unpaired) electrons. The van der Waals surface area contributed by atoms with Crippen molar-refractivity contribution < 1.29 is 13.6 Å². The van der Waals surface area contributed by atoms with Crippen LogP contribution in [-0.4, -0.2) is 24.9 Å². The average Bonchev–Trinajstić information content (AvgIpc) is 2.19. The fraction of sp³-hybridized carbons (Fsp3) is 0.364. The number of halogens is 2. The maximum atomic E-state index is 12.8. The Hall–Kier alpha value is -1.45. The normalized spacial score (nSPS) is 10.1. The summed E-state index contributed by atoms with van der Waals surface area (Å²) in [7, 11) is 3.32. The Morgan fingerprint density at radius 2 is 1.93 bits per heavy atom. The second-order valence-electron chi connectivity index (χ2n) is 3.54. The van der Waals surface area contributed by atoms with Crippen LogP contribution in [0.1, 0.15) is 12.0 Å². The predicted molar refractivity (Wildman–Crippen MR) is 53.4 cm³/mol. The first-order chi connectivity index (χ1) is 7.00. The number of hydrogen-bond acceptors (Lipinski definition) is 1. The summed E-state index contributed by atoms with van der Waals surface area (Å²) in [5.74, 6) is -1.76. The number of nitrogens with zero attached hydrogens (tertiary/aromatic N) is 1. The number of carbonyl (C=O) groups excluding carboxylic acids is 1. The Labute approximate surface area is 87.5 Å². The van der Waals surface area contributed by atoms with Gasteiger partial charge in [0.1, 0.15) is 0 Å². The van der Waals surface area contributed by atoms with Gasteiger partial charge in [0.25, 0.3) is 0 Å². The lowest BCUT2D eigenvalue weighted by molar-refractivity contribution is -0.128. The highest BCUT2D eigenvalue weighted by molar-refractivity contribution is 5.75. The molecule has 0 aromatic heterocycles. The molecule has 82 valence electrons. The van der Waals surface area contributed by atoms with Gasteiger partial charge in [0.05, 0.1) is 0 Å². The van der Waals surface area contributed by atoms with Crippen LogP contribution in [0.15, 0.2) is 18.2 Å². The van der Waals surface area contributed by atoms with Gasteiger partial charge in [-0.2, -0.15) is 0 Å². The molecule has 2 nitrogen and oxygen atoms in total. The number of rotatable bonds is 3. The fourth-order valence-corrected chi connectivity index (χ4v) is 1.17. The van der Waals surface area contributed by atoms with Crippen LogP contribution < -0.4 is 0 Å². The zero-order valence-electron chi connectivity index (χ0n) is 8.76. The lowest BCUT2D eigenvalue weighted by atomic mass is 10.1. The number of hydrogen-bond donors (Lipinski definition) is 0. The highest BCUT2D eigenvalue weighted by atomic mass is 19.2. The highest BCUT2D eigenvalue weighted by Crippen LogP contribution is 2.10. The minimum Gasteiger partial charge on any atom is -0.349 e. The van der Waals surface area contributed by atoms with Crippen molar-refractivity contribution in [2.75, 3.05) is 14.1 Å². The van der Waals surface area contributed by atoms with E-state index in [0.29, 0.717) is 18.4 Å². The van der Waals surface area contributed by atoms with Crippen molar-refractivity contribution in [2.45, 2.75) is 12.8 Å².